The molecular weight excluding hydrogens is 435 g/mol. The predicted molar refractivity (Wildman–Crippen MR) is 121 cm³/mol. The average Bonchev–Trinajstić information content (AvgIpc) is 3.05. The molecule has 5 nitrogen and oxygen atoms in total. The highest BCUT2D eigenvalue weighted by molar-refractivity contribution is 6.31. The van der Waals surface area contributed by atoms with Gasteiger partial charge in [-0.15, -0.1) is 0 Å². The average molecular weight is 459 g/mol. The number of carbonyl (C=O) groups excluding carboxylic acids is 3. The van der Waals surface area contributed by atoms with Crippen LogP contribution in [0.25, 0.3) is 0 Å². The Morgan fingerprint density at radius 2 is 1.48 bits per heavy atom. The molecule has 4 rings (SSSR count). The molecule has 31 heavy (non-hydrogen) atoms. The summed E-state index contributed by atoms with van der Waals surface area (Å²) in [5, 5.41) is 1.14. The Labute approximate surface area is 191 Å². The van der Waals surface area contributed by atoms with Gasteiger partial charge in [0.25, 0.3) is 5.91 Å². The van der Waals surface area contributed by atoms with Crippen LogP contribution in [-0.4, -0.2) is 34.7 Å². The fraction of sp³-hybridized carbons (Fsp3) is 0.375. The lowest BCUT2D eigenvalue weighted by atomic mass is 9.92. The quantitative estimate of drug-likeness (QED) is 0.590. The maximum absolute atomic E-state index is 13.4. The molecule has 2 fully saturated rings. The zero-order chi connectivity index (χ0) is 22.0. The Kier molecular flexibility index (Phi) is 6.63. The summed E-state index contributed by atoms with van der Waals surface area (Å²) < 4.78 is 0. The van der Waals surface area contributed by atoms with Gasteiger partial charge in [-0.2, -0.15) is 0 Å². The first-order valence-corrected chi connectivity index (χ1v) is 11.4. The Bertz CT molecular complexity index is 969. The highest BCUT2D eigenvalue weighted by atomic mass is 35.5. The Morgan fingerprint density at radius 3 is 2.10 bits per heavy atom. The molecule has 1 heterocycles. The fourth-order valence-electron chi connectivity index (χ4n) is 4.55. The lowest BCUT2D eigenvalue weighted by Crippen LogP contribution is -2.51. The molecule has 2 aliphatic rings. The van der Waals surface area contributed by atoms with Gasteiger partial charge in [0.2, 0.25) is 11.8 Å². The summed E-state index contributed by atoms with van der Waals surface area (Å²) >= 11 is 11.9. The topological polar surface area (TPSA) is 57.7 Å². The van der Waals surface area contributed by atoms with E-state index in [1.54, 1.807) is 41.3 Å². The molecule has 1 saturated carbocycles. The number of hydrogen-bond donors (Lipinski definition) is 0. The van der Waals surface area contributed by atoms with Gasteiger partial charge in [-0.25, -0.2) is 4.90 Å². The molecule has 1 aliphatic carbocycles. The monoisotopic (exact) mass is 458 g/mol. The predicted octanol–water partition coefficient (Wildman–Crippen LogP) is 5.03. The van der Waals surface area contributed by atoms with Gasteiger partial charge in [0.1, 0.15) is 6.04 Å². The van der Waals surface area contributed by atoms with Crippen LogP contribution < -0.4 is 4.90 Å². The molecule has 1 atom stereocenters. The molecule has 1 saturated heterocycles. The third kappa shape index (κ3) is 4.78. The van der Waals surface area contributed by atoms with Gasteiger partial charge in [-0.3, -0.25) is 14.4 Å². The van der Waals surface area contributed by atoms with Gasteiger partial charge in [-0.1, -0.05) is 54.6 Å². The van der Waals surface area contributed by atoms with Gasteiger partial charge >= 0.3 is 0 Å². The first kappa shape index (κ1) is 21.8. The second-order valence-corrected chi connectivity index (χ2v) is 9.03. The number of rotatable bonds is 5. The SMILES string of the molecule is O=C1CC(N(C(=O)Cc2ccc(Cl)cc2)C2CCCCC2)C(=O)N1c1ccc(Cl)cc1. The number of carbonyl (C=O) groups is 3. The van der Waals surface area contributed by atoms with Gasteiger partial charge in [0.05, 0.1) is 18.5 Å². The first-order chi connectivity index (χ1) is 14.9. The van der Waals surface area contributed by atoms with Crippen LogP contribution >= 0.6 is 23.2 Å². The minimum absolute atomic E-state index is 0.00428. The van der Waals surface area contributed by atoms with Crippen LogP contribution in [0.5, 0.6) is 0 Å². The fourth-order valence-corrected chi connectivity index (χ4v) is 4.81. The molecule has 2 aromatic rings. The third-order valence-electron chi connectivity index (χ3n) is 6.07. The first-order valence-electron chi connectivity index (χ1n) is 10.6. The summed E-state index contributed by atoms with van der Waals surface area (Å²) in [6.07, 6.45) is 5.05. The molecule has 0 aromatic heterocycles. The molecule has 0 bridgehead atoms. The standard InChI is InChI=1S/C24H24Cl2N2O3/c25-17-8-6-16(7-9-17)14-22(29)27(19-4-2-1-3-5-19)21-15-23(30)28(24(21)31)20-12-10-18(26)11-13-20/h6-13,19,21H,1-5,14-15H2. The van der Waals surface area contributed by atoms with Crippen molar-refractivity contribution in [2.45, 2.75) is 57.0 Å². The zero-order valence-corrected chi connectivity index (χ0v) is 18.6. The van der Waals surface area contributed by atoms with Crippen molar-refractivity contribution in [2.75, 3.05) is 4.90 Å². The van der Waals surface area contributed by atoms with E-state index < -0.39 is 6.04 Å². The van der Waals surface area contributed by atoms with Crippen LogP contribution in [0.4, 0.5) is 5.69 Å². The van der Waals surface area contributed by atoms with Crippen molar-refractivity contribution in [3.8, 4) is 0 Å². The smallest absolute Gasteiger partial charge is 0.257 e. The Balaban J connectivity index is 1.60. The van der Waals surface area contributed by atoms with Crippen molar-refractivity contribution in [3.63, 3.8) is 0 Å². The molecule has 3 amide bonds. The Morgan fingerprint density at radius 1 is 0.903 bits per heavy atom. The van der Waals surface area contributed by atoms with Crippen molar-refractivity contribution >= 4 is 46.6 Å². The van der Waals surface area contributed by atoms with E-state index in [4.69, 9.17) is 23.2 Å². The Hall–Kier alpha value is -2.37. The second kappa shape index (κ2) is 9.41. The van der Waals surface area contributed by atoms with Crippen molar-refractivity contribution in [1.82, 2.24) is 4.90 Å². The molecule has 7 heteroatoms. The number of hydrogen-bond acceptors (Lipinski definition) is 3. The molecule has 0 spiro atoms. The molecule has 1 unspecified atom stereocenters. The van der Waals surface area contributed by atoms with Crippen LogP contribution in [0, 0.1) is 0 Å². The second-order valence-electron chi connectivity index (χ2n) is 8.16. The van der Waals surface area contributed by atoms with E-state index in [0.29, 0.717) is 15.7 Å². The lowest BCUT2D eigenvalue weighted by molar-refractivity contribution is -0.141. The summed E-state index contributed by atoms with van der Waals surface area (Å²) in [6, 6.07) is 12.9. The van der Waals surface area contributed by atoms with Crippen molar-refractivity contribution in [2.24, 2.45) is 0 Å². The van der Waals surface area contributed by atoms with Crippen molar-refractivity contribution in [1.29, 1.82) is 0 Å². The largest absolute Gasteiger partial charge is 0.327 e. The van der Waals surface area contributed by atoms with Crippen LogP contribution in [0.2, 0.25) is 10.0 Å². The van der Waals surface area contributed by atoms with E-state index in [9.17, 15) is 14.4 Å². The number of benzene rings is 2. The zero-order valence-electron chi connectivity index (χ0n) is 17.1. The van der Waals surface area contributed by atoms with Crippen LogP contribution in [-0.2, 0) is 20.8 Å². The van der Waals surface area contributed by atoms with E-state index in [1.807, 2.05) is 12.1 Å². The normalized spacial score (nSPS) is 19.7. The minimum atomic E-state index is -0.772. The number of nitrogens with zero attached hydrogens (tertiary/aromatic N) is 2. The van der Waals surface area contributed by atoms with E-state index in [-0.39, 0.29) is 36.6 Å². The summed E-state index contributed by atoms with van der Waals surface area (Å²) in [7, 11) is 0. The molecule has 0 N–H and O–H groups in total. The van der Waals surface area contributed by atoms with Crippen LogP contribution in [0.3, 0.4) is 0 Å². The third-order valence-corrected chi connectivity index (χ3v) is 6.57. The van der Waals surface area contributed by atoms with E-state index in [2.05, 4.69) is 0 Å². The van der Waals surface area contributed by atoms with Crippen molar-refractivity contribution in [3.05, 3.63) is 64.1 Å². The van der Waals surface area contributed by atoms with Crippen LogP contribution in [0.1, 0.15) is 44.1 Å². The summed E-state index contributed by atoms with van der Waals surface area (Å²) in [5.74, 6) is -0.766. The molecular formula is C24H24Cl2N2O3. The molecule has 0 radical (unpaired) electrons. The highest BCUT2D eigenvalue weighted by Crippen LogP contribution is 2.32. The number of imide groups is 1. The summed E-state index contributed by atoms with van der Waals surface area (Å²) in [5.41, 5.74) is 1.32. The number of anilines is 1. The van der Waals surface area contributed by atoms with Crippen molar-refractivity contribution < 1.29 is 14.4 Å². The summed E-state index contributed by atoms with van der Waals surface area (Å²) in [4.78, 5) is 42.5. The molecule has 2 aromatic carbocycles. The van der Waals surface area contributed by atoms with E-state index in [1.165, 1.54) is 4.90 Å². The molecule has 162 valence electrons. The number of halogens is 2. The van der Waals surface area contributed by atoms with Gasteiger partial charge in [0.15, 0.2) is 0 Å². The highest BCUT2D eigenvalue weighted by Gasteiger charge is 2.46. The molecule has 1 aliphatic heterocycles. The van der Waals surface area contributed by atoms with Crippen LogP contribution in [0.15, 0.2) is 48.5 Å². The lowest BCUT2D eigenvalue weighted by Gasteiger charge is -2.37. The van der Waals surface area contributed by atoms with Gasteiger partial charge in [0, 0.05) is 16.1 Å². The minimum Gasteiger partial charge on any atom is -0.327 e. The maximum atomic E-state index is 13.4. The van der Waals surface area contributed by atoms with Gasteiger partial charge in [-0.05, 0) is 54.8 Å². The number of amides is 3. The van der Waals surface area contributed by atoms with Gasteiger partial charge < -0.3 is 4.90 Å². The van der Waals surface area contributed by atoms with E-state index >= 15 is 0 Å². The maximum Gasteiger partial charge on any atom is 0.257 e. The van der Waals surface area contributed by atoms with E-state index in [0.717, 1.165) is 37.7 Å². The summed E-state index contributed by atoms with van der Waals surface area (Å²) in [6.45, 7) is 0.